The van der Waals surface area contributed by atoms with E-state index in [4.69, 9.17) is 14.6 Å². The van der Waals surface area contributed by atoms with E-state index in [1.165, 1.54) is 0 Å². The van der Waals surface area contributed by atoms with Crippen molar-refractivity contribution < 1.29 is 19.7 Å². The SMILES string of the molecule is C=C/C=C(\C=C)CO[C@H]1CCOC1O.OCc1ccccc1. The summed E-state index contributed by atoms with van der Waals surface area (Å²) in [7, 11) is 0. The van der Waals surface area contributed by atoms with E-state index in [9.17, 15) is 5.11 Å². The van der Waals surface area contributed by atoms with Crippen molar-refractivity contribution in [3.8, 4) is 0 Å². The maximum atomic E-state index is 9.29. The zero-order valence-electron chi connectivity index (χ0n) is 12.7. The molecule has 1 saturated heterocycles. The van der Waals surface area contributed by atoms with Crippen molar-refractivity contribution in [2.24, 2.45) is 0 Å². The Morgan fingerprint density at radius 2 is 2.05 bits per heavy atom. The molecule has 1 unspecified atom stereocenters. The van der Waals surface area contributed by atoms with E-state index in [1.54, 1.807) is 12.2 Å². The van der Waals surface area contributed by atoms with Gasteiger partial charge in [0.2, 0.25) is 0 Å². The monoisotopic (exact) mass is 304 g/mol. The minimum absolute atomic E-state index is 0.140. The van der Waals surface area contributed by atoms with Crippen LogP contribution in [0, 0.1) is 0 Å². The van der Waals surface area contributed by atoms with Crippen LogP contribution in [0.4, 0.5) is 0 Å². The van der Waals surface area contributed by atoms with E-state index in [1.807, 2.05) is 36.4 Å². The lowest BCUT2D eigenvalue weighted by Gasteiger charge is -2.14. The van der Waals surface area contributed by atoms with Crippen molar-refractivity contribution >= 4 is 0 Å². The van der Waals surface area contributed by atoms with Crippen molar-refractivity contribution in [2.45, 2.75) is 25.4 Å². The molecule has 22 heavy (non-hydrogen) atoms. The Labute approximate surface area is 132 Å². The van der Waals surface area contributed by atoms with Crippen LogP contribution >= 0.6 is 0 Å². The molecule has 4 heteroatoms. The van der Waals surface area contributed by atoms with Gasteiger partial charge < -0.3 is 19.7 Å². The fraction of sp³-hybridized carbons (Fsp3) is 0.333. The van der Waals surface area contributed by atoms with Crippen LogP contribution in [0.15, 0.2) is 67.3 Å². The lowest BCUT2D eigenvalue weighted by atomic mass is 10.2. The molecule has 120 valence electrons. The van der Waals surface area contributed by atoms with Gasteiger partial charge in [0.1, 0.15) is 6.10 Å². The average Bonchev–Trinajstić information content (AvgIpc) is 2.98. The summed E-state index contributed by atoms with van der Waals surface area (Å²) in [6, 6.07) is 9.52. The fourth-order valence-corrected chi connectivity index (χ4v) is 1.83. The van der Waals surface area contributed by atoms with Crippen LogP contribution in [0.25, 0.3) is 0 Å². The second kappa shape index (κ2) is 10.9. The Morgan fingerprint density at radius 1 is 1.32 bits per heavy atom. The summed E-state index contributed by atoms with van der Waals surface area (Å²) < 4.78 is 10.4. The molecule has 0 amide bonds. The Bertz CT molecular complexity index is 467. The number of hydrogen-bond acceptors (Lipinski definition) is 4. The van der Waals surface area contributed by atoms with Gasteiger partial charge in [0.25, 0.3) is 0 Å². The number of benzene rings is 1. The number of ether oxygens (including phenoxy) is 2. The quantitative estimate of drug-likeness (QED) is 0.793. The molecule has 0 radical (unpaired) electrons. The lowest BCUT2D eigenvalue weighted by Crippen LogP contribution is -2.24. The molecule has 1 fully saturated rings. The van der Waals surface area contributed by atoms with Crippen LogP contribution < -0.4 is 0 Å². The van der Waals surface area contributed by atoms with E-state index in [2.05, 4.69) is 13.2 Å². The van der Waals surface area contributed by atoms with Gasteiger partial charge in [0.15, 0.2) is 6.29 Å². The molecule has 2 N–H and O–H groups in total. The van der Waals surface area contributed by atoms with Gasteiger partial charge in [-0.1, -0.05) is 61.7 Å². The van der Waals surface area contributed by atoms with Crippen LogP contribution in [0.1, 0.15) is 12.0 Å². The second-order valence-electron chi connectivity index (χ2n) is 4.72. The maximum absolute atomic E-state index is 9.29. The van der Waals surface area contributed by atoms with E-state index in [0.717, 1.165) is 17.6 Å². The largest absolute Gasteiger partial charge is 0.392 e. The molecule has 0 saturated carbocycles. The predicted octanol–water partition coefficient (Wildman–Crippen LogP) is 2.59. The third-order valence-electron chi connectivity index (χ3n) is 3.09. The third-order valence-corrected chi connectivity index (χ3v) is 3.09. The first-order valence-corrected chi connectivity index (χ1v) is 7.21. The first-order valence-electron chi connectivity index (χ1n) is 7.21. The molecule has 1 aromatic carbocycles. The van der Waals surface area contributed by atoms with E-state index < -0.39 is 6.29 Å². The van der Waals surface area contributed by atoms with Gasteiger partial charge in [-0.05, 0) is 11.1 Å². The smallest absolute Gasteiger partial charge is 0.181 e. The van der Waals surface area contributed by atoms with Crippen LogP contribution in [0.5, 0.6) is 0 Å². The lowest BCUT2D eigenvalue weighted by molar-refractivity contribution is -0.123. The van der Waals surface area contributed by atoms with Gasteiger partial charge >= 0.3 is 0 Å². The van der Waals surface area contributed by atoms with Crippen LogP contribution in [-0.2, 0) is 16.1 Å². The van der Waals surface area contributed by atoms with Crippen molar-refractivity contribution in [1.82, 2.24) is 0 Å². The summed E-state index contributed by atoms with van der Waals surface area (Å²) in [5.74, 6) is 0. The second-order valence-corrected chi connectivity index (χ2v) is 4.72. The van der Waals surface area contributed by atoms with Crippen LogP contribution in [-0.4, -0.2) is 35.8 Å². The highest BCUT2D eigenvalue weighted by molar-refractivity contribution is 5.21. The number of aliphatic hydroxyl groups is 2. The average molecular weight is 304 g/mol. The van der Waals surface area contributed by atoms with E-state index in [0.29, 0.717) is 13.2 Å². The Morgan fingerprint density at radius 3 is 2.50 bits per heavy atom. The molecule has 0 aromatic heterocycles. The van der Waals surface area contributed by atoms with Crippen molar-refractivity contribution in [3.05, 3.63) is 72.9 Å². The maximum Gasteiger partial charge on any atom is 0.181 e. The molecule has 0 aliphatic carbocycles. The van der Waals surface area contributed by atoms with Crippen molar-refractivity contribution in [2.75, 3.05) is 13.2 Å². The van der Waals surface area contributed by atoms with E-state index in [-0.39, 0.29) is 12.7 Å². The first-order chi connectivity index (χ1) is 10.7. The van der Waals surface area contributed by atoms with Gasteiger partial charge in [-0.2, -0.15) is 0 Å². The van der Waals surface area contributed by atoms with Gasteiger partial charge in [-0.15, -0.1) is 0 Å². The minimum atomic E-state index is -0.787. The molecular formula is C18H24O4. The molecular weight excluding hydrogens is 280 g/mol. The topological polar surface area (TPSA) is 58.9 Å². The number of aliphatic hydroxyl groups excluding tert-OH is 2. The van der Waals surface area contributed by atoms with Gasteiger partial charge in [-0.3, -0.25) is 0 Å². The first kappa shape index (κ1) is 18.3. The summed E-state index contributed by atoms with van der Waals surface area (Å²) in [5.41, 5.74) is 1.91. The summed E-state index contributed by atoms with van der Waals surface area (Å²) >= 11 is 0. The standard InChI is InChI=1S/C11H16O3.C7H8O/c1-3-5-9(4-2)8-14-10-6-7-13-11(10)12;8-6-7-4-2-1-3-5-7/h3-5,10-12H,1-2,6-8H2;1-5,8H,6H2/b9-5+;/t10-,11?;/m0./s1. The van der Waals surface area contributed by atoms with Crippen molar-refractivity contribution in [1.29, 1.82) is 0 Å². The summed E-state index contributed by atoms with van der Waals surface area (Å²) in [4.78, 5) is 0. The zero-order chi connectivity index (χ0) is 16.2. The minimum Gasteiger partial charge on any atom is -0.392 e. The van der Waals surface area contributed by atoms with Gasteiger partial charge in [0.05, 0.1) is 19.8 Å². The number of hydrogen-bond donors (Lipinski definition) is 2. The molecule has 2 rings (SSSR count). The fourth-order valence-electron chi connectivity index (χ4n) is 1.83. The van der Waals surface area contributed by atoms with Crippen LogP contribution in [0.3, 0.4) is 0 Å². The molecule has 1 heterocycles. The number of rotatable bonds is 6. The van der Waals surface area contributed by atoms with Crippen molar-refractivity contribution in [3.63, 3.8) is 0 Å². The Kier molecular flexibility index (Phi) is 9.11. The molecule has 2 atom stereocenters. The third kappa shape index (κ3) is 6.83. The highest BCUT2D eigenvalue weighted by Gasteiger charge is 2.26. The summed E-state index contributed by atoms with van der Waals surface area (Å²) in [6.07, 6.45) is 4.95. The molecule has 4 nitrogen and oxygen atoms in total. The molecule has 1 aliphatic heterocycles. The Hall–Kier alpha value is -1.72. The van der Waals surface area contributed by atoms with Gasteiger partial charge in [-0.25, -0.2) is 0 Å². The summed E-state index contributed by atoms with van der Waals surface area (Å²) in [6.45, 7) is 8.37. The predicted molar refractivity (Wildman–Crippen MR) is 87.2 cm³/mol. The highest BCUT2D eigenvalue weighted by Crippen LogP contribution is 2.15. The normalized spacial score (nSPS) is 20.9. The zero-order valence-corrected chi connectivity index (χ0v) is 12.7. The summed E-state index contributed by atoms with van der Waals surface area (Å²) in [5, 5.41) is 17.8. The highest BCUT2D eigenvalue weighted by atomic mass is 16.6. The molecule has 0 spiro atoms. The molecule has 1 aliphatic rings. The molecule has 1 aromatic rings. The van der Waals surface area contributed by atoms with Crippen LogP contribution in [0.2, 0.25) is 0 Å². The molecule has 0 bridgehead atoms. The number of allylic oxidation sites excluding steroid dienone is 2. The van der Waals surface area contributed by atoms with Gasteiger partial charge in [0, 0.05) is 6.42 Å². The Balaban J connectivity index is 0.000000255. The van der Waals surface area contributed by atoms with E-state index >= 15 is 0 Å².